The van der Waals surface area contributed by atoms with Gasteiger partial charge in [-0.25, -0.2) is 8.78 Å². The topological polar surface area (TPSA) is 23.5 Å². The molecule has 2 nitrogen and oxygen atoms in total. The summed E-state index contributed by atoms with van der Waals surface area (Å²) in [5.41, 5.74) is 1.94. The van der Waals surface area contributed by atoms with Crippen LogP contribution in [0.5, 0.6) is 0 Å². The second-order valence-corrected chi connectivity index (χ2v) is 6.55. The van der Waals surface area contributed by atoms with Gasteiger partial charge < -0.3 is 10.0 Å². The van der Waals surface area contributed by atoms with Crippen LogP contribution in [0.4, 0.5) is 8.78 Å². The Morgan fingerprint density at radius 2 is 1.46 bits per heavy atom. The van der Waals surface area contributed by atoms with Gasteiger partial charge in [0.1, 0.15) is 11.6 Å². The summed E-state index contributed by atoms with van der Waals surface area (Å²) in [4.78, 5) is 2.39. The van der Waals surface area contributed by atoms with E-state index in [4.69, 9.17) is 0 Å². The van der Waals surface area contributed by atoms with Gasteiger partial charge in [0.15, 0.2) is 0 Å². The molecule has 1 fully saturated rings. The molecule has 4 heteroatoms. The quantitative estimate of drug-likeness (QED) is 0.897. The van der Waals surface area contributed by atoms with Gasteiger partial charge in [-0.1, -0.05) is 24.3 Å². The number of hydrogen-bond acceptors (Lipinski definition) is 2. The Hall–Kier alpha value is -1.78. The van der Waals surface area contributed by atoms with Gasteiger partial charge in [0, 0.05) is 6.54 Å². The van der Waals surface area contributed by atoms with E-state index in [9.17, 15) is 13.9 Å². The lowest BCUT2D eigenvalue weighted by Crippen LogP contribution is -2.36. The summed E-state index contributed by atoms with van der Waals surface area (Å²) >= 11 is 0. The predicted octanol–water partition coefficient (Wildman–Crippen LogP) is 3.95. The van der Waals surface area contributed by atoms with Crippen molar-refractivity contribution in [2.45, 2.75) is 25.4 Å². The van der Waals surface area contributed by atoms with Crippen molar-refractivity contribution in [3.63, 3.8) is 0 Å². The molecule has 2 aromatic rings. The first-order valence-corrected chi connectivity index (χ1v) is 8.52. The van der Waals surface area contributed by atoms with E-state index in [2.05, 4.69) is 4.90 Å². The van der Waals surface area contributed by atoms with Crippen LogP contribution in [0.3, 0.4) is 0 Å². The summed E-state index contributed by atoms with van der Waals surface area (Å²) in [6, 6.07) is 12.8. The minimum Gasteiger partial charge on any atom is -0.388 e. The maximum atomic E-state index is 13.0. The first-order chi connectivity index (χ1) is 11.6. The minimum atomic E-state index is -0.523. The van der Waals surface area contributed by atoms with E-state index in [0.29, 0.717) is 0 Å². The van der Waals surface area contributed by atoms with Crippen LogP contribution in [0.25, 0.3) is 0 Å². The van der Waals surface area contributed by atoms with Crippen LogP contribution in [0.1, 0.15) is 30.1 Å². The van der Waals surface area contributed by atoms with E-state index in [1.165, 1.54) is 24.3 Å². The summed E-state index contributed by atoms with van der Waals surface area (Å²) in [6.45, 7) is 2.85. The van der Waals surface area contributed by atoms with Crippen molar-refractivity contribution >= 4 is 0 Å². The van der Waals surface area contributed by atoms with Crippen molar-refractivity contribution in [1.29, 1.82) is 0 Å². The second kappa shape index (κ2) is 7.86. The molecule has 2 aromatic carbocycles. The smallest absolute Gasteiger partial charge is 0.123 e. The molecular weight excluding hydrogens is 308 g/mol. The monoisotopic (exact) mass is 331 g/mol. The highest BCUT2D eigenvalue weighted by molar-refractivity contribution is 5.19. The van der Waals surface area contributed by atoms with Crippen LogP contribution in [0.15, 0.2) is 48.5 Å². The summed E-state index contributed by atoms with van der Waals surface area (Å²) in [5, 5.41) is 10.5. The molecule has 0 bridgehead atoms. The molecule has 0 radical (unpaired) electrons. The van der Waals surface area contributed by atoms with Gasteiger partial charge in [-0.2, -0.15) is 0 Å². The first kappa shape index (κ1) is 17.1. The zero-order valence-corrected chi connectivity index (χ0v) is 13.7. The van der Waals surface area contributed by atoms with E-state index in [0.717, 1.165) is 50.0 Å². The van der Waals surface area contributed by atoms with Gasteiger partial charge in [0.2, 0.25) is 0 Å². The highest BCUT2D eigenvalue weighted by atomic mass is 19.1. The number of aliphatic hydroxyl groups is 1. The Bertz CT molecular complexity index is 634. The summed E-state index contributed by atoms with van der Waals surface area (Å²) in [7, 11) is 0. The molecule has 1 N–H and O–H groups in total. The van der Waals surface area contributed by atoms with Gasteiger partial charge >= 0.3 is 0 Å². The van der Waals surface area contributed by atoms with E-state index in [1.54, 1.807) is 12.1 Å². The van der Waals surface area contributed by atoms with Crippen LogP contribution in [-0.2, 0) is 6.42 Å². The Morgan fingerprint density at radius 1 is 0.917 bits per heavy atom. The molecule has 1 aliphatic heterocycles. The van der Waals surface area contributed by atoms with Crippen LogP contribution >= 0.6 is 0 Å². The summed E-state index contributed by atoms with van der Waals surface area (Å²) < 4.78 is 25.9. The number of piperidine rings is 1. The zero-order valence-electron chi connectivity index (χ0n) is 13.7. The Morgan fingerprint density at radius 3 is 2.04 bits per heavy atom. The van der Waals surface area contributed by atoms with Crippen molar-refractivity contribution in [2.24, 2.45) is 5.92 Å². The highest BCUT2D eigenvalue weighted by Gasteiger charge is 2.26. The molecule has 1 atom stereocenters. The molecule has 24 heavy (non-hydrogen) atoms. The Balaban J connectivity index is 1.46. The van der Waals surface area contributed by atoms with Crippen molar-refractivity contribution in [3.8, 4) is 0 Å². The highest BCUT2D eigenvalue weighted by Crippen LogP contribution is 2.30. The fourth-order valence-corrected chi connectivity index (χ4v) is 3.36. The molecule has 0 amide bonds. The van der Waals surface area contributed by atoms with Crippen molar-refractivity contribution in [1.82, 2.24) is 4.90 Å². The molecule has 1 saturated heterocycles. The van der Waals surface area contributed by atoms with E-state index < -0.39 is 6.10 Å². The first-order valence-electron chi connectivity index (χ1n) is 8.52. The molecule has 0 aliphatic carbocycles. The maximum absolute atomic E-state index is 13.0. The average Bonchev–Trinajstić information content (AvgIpc) is 2.62. The fourth-order valence-electron chi connectivity index (χ4n) is 3.36. The number of rotatable bonds is 5. The lowest BCUT2D eigenvalue weighted by molar-refractivity contribution is 0.0592. The van der Waals surface area contributed by atoms with Gasteiger partial charge in [-0.15, -0.1) is 0 Å². The largest absolute Gasteiger partial charge is 0.388 e. The van der Waals surface area contributed by atoms with Gasteiger partial charge in [-0.3, -0.25) is 0 Å². The van der Waals surface area contributed by atoms with Crippen LogP contribution in [-0.4, -0.2) is 29.6 Å². The van der Waals surface area contributed by atoms with E-state index in [1.807, 2.05) is 12.1 Å². The number of benzene rings is 2. The van der Waals surface area contributed by atoms with Crippen molar-refractivity contribution in [3.05, 3.63) is 71.3 Å². The van der Waals surface area contributed by atoms with Gasteiger partial charge in [0.05, 0.1) is 6.10 Å². The molecule has 1 heterocycles. The molecule has 0 spiro atoms. The number of hydrogen-bond donors (Lipinski definition) is 1. The van der Waals surface area contributed by atoms with Crippen molar-refractivity contribution < 1.29 is 13.9 Å². The molecule has 1 unspecified atom stereocenters. The number of nitrogens with zero attached hydrogens (tertiary/aromatic N) is 1. The van der Waals surface area contributed by atoms with Crippen molar-refractivity contribution in [2.75, 3.05) is 19.6 Å². The summed E-state index contributed by atoms with van der Waals surface area (Å²) in [6.07, 6.45) is 2.25. The third-order valence-electron chi connectivity index (χ3n) is 4.92. The number of likely N-dealkylation sites (tertiary alicyclic amines) is 1. The predicted molar refractivity (Wildman–Crippen MR) is 90.6 cm³/mol. The van der Waals surface area contributed by atoms with Crippen LogP contribution < -0.4 is 0 Å². The lowest BCUT2D eigenvalue weighted by Gasteiger charge is -2.34. The average molecular weight is 331 g/mol. The molecule has 3 rings (SSSR count). The normalized spacial score (nSPS) is 17.8. The molecule has 1 aliphatic rings. The molecule has 0 aromatic heterocycles. The maximum Gasteiger partial charge on any atom is 0.123 e. The Labute approximate surface area is 141 Å². The van der Waals surface area contributed by atoms with Crippen LogP contribution in [0.2, 0.25) is 0 Å². The van der Waals surface area contributed by atoms with Gasteiger partial charge in [0.25, 0.3) is 0 Å². The molecule has 128 valence electrons. The third kappa shape index (κ3) is 4.40. The second-order valence-electron chi connectivity index (χ2n) is 6.55. The van der Waals surface area contributed by atoms with E-state index >= 15 is 0 Å². The van der Waals surface area contributed by atoms with Gasteiger partial charge in [-0.05, 0) is 73.7 Å². The summed E-state index contributed by atoms with van der Waals surface area (Å²) in [5.74, 6) is -0.256. The number of halogens is 2. The Kier molecular flexibility index (Phi) is 5.59. The third-order valence-corrected chi connectivity index (χ3v) is 4.92. The SMILES string of the molecule is OC(c1ccc(F)cc1)C1CCN(CCc2ccc(F)cc2)CC1. The lowest BCUT2D eigenvalue weighted by atomic mass is 9.87. The zero-order chi connectivity index (χ0) is 16.9. The fraction of sp³-hybridized carbons (Fsp3) is 0.400. The van der Waals surface area contributed by atoms with Crippen LogP contribution in [0, 0.1) is 17.6 Å². The standard InChI is InChI=1S/C20H23F2NO/c21-18-5-1-15(2-6-18)9-12-23-13-10-17(11-14-23)20(24)16-3-7-19(22)8-4-16/h1-8,17,20,24H,9-14H2. The number of aliphatic hydroxyl groups excluding tert-OH is 1. The van der Waals surface area contributed by atoms with E-state index in [-0.39, 0.29) is 17.6 Å². The molecule has 0 saturated carbocycles. The minimum absolute atomic E-state index is 0.200. The molecular formula is C20H23F2NO.